The van der Waals surface area contributed by atoms with Crippen LogP contribution in [0.4, 0.5) is 0 Å². The topological polar surface area (TPSA) is 17.1 Å². The van der Waals surface area contributed by atoms with E-state index in [-0.39, 0.29) is 11.7 Å². The molecular weight excluding hydrogens is 143 g/mol. The van der Waals surface area contributed by atoms with Gasteiger partial charge < -0.3 is 0 Å². The summed E-state index contributed by atoms with van der Waals surface area (Å²) >= 11 is 10.4. The number of hydrogen-bond acceptors (Lipinski definition) is 1. The van der Waals surface area contributed by atoms with E-state index in [2.05, 4.69) is 0 Å². The van der Waals surface area contributed by atoms with Crippen molar-refractivity contribution in [2.24, 2.45) is 0 Å². The molecule has 0 heterocycles. The van der Waals surface area contributed by atoms with Gasteiger partial charge >= 0.3 is 15.3 Å². The molecule has 0 radical (unpaired) electrons. The Hall–Kier alpha value is 0.600. The van der Waals surface area contributed by atoms with Gasteiger partial charge in [0.2, 0.25) is 0 Å². The fraction of sp³-hybridized carbons (Fsp3) is 1.00. The molecule has 0 fully saturated rings. The van der Waals surface area contributed by atoms with Crippen LogP contribution in [0.5, 0.6) is 0 Å². The van der Waals surface area contributed by atoms with Gasteiger partial charge in [0, 0.05) is 11.1 Å². The summed E-state index contributed by atoms with van der Waals surface area (Å²) in [7, 11) is 0. The molecule has 0 aliphatic rings. The Balaban J connectivity index is 3.45. The van der Waals surface area contributed by atoms with Crippen molar-refractivity contribution >= 4 is 34.9 Å². The summed E-state index contributed by atoms with van der Waals surface area (Å²) in [4.78, 5) is 0. The molecule has 0 amide bonds. The highest BCUT2D eigenvalue weighted by Crippen LogP contribution is 2.16. The van der Waals surface area contributed by atoms with E-state index in [0.29, 0.717) is 0 Å². The number of hydrogen-bond donors (Lipinski definition) is 0. The van der Waals surface area contributed by atoms with Gasteiger partial charge in [0.05, 0.1) is 0 Å². The average molecular weight is 146 g/mol. The maximum Gasteiger partial charge on any atom is 0.500 e. The molecule has 0 saturated heterocycles. The monoisotopic (exact) mass is 145 g/mol. The summed E-state index contributed by atoms with van der Waals surface area (Å²) in [6, 6.07) is 0. The third kappa shape index (κ3) is 4.60. The largest absolute Gasteiger partial charge is 0.500 e. The van der Waals surface area contributed by atoms with Crippen molar-refractivity contribution < 1.29 is 4.21 Å². The number of halogens is 2. The molecule has 0 bridgehead atoms. The quantitative estimate of drug-likeness (QED) is 0.405. The van der Waals surface area contributed by atoms with Crippen molar-refractivity contribution in [2.75, 3.05) is 0 Å². The van der Waals surface area contributed by atoms with Gasteiger partial charge in [-0.05, 0) is 23.2 Å². The Morgan fingerprint density at radius 3 is 1.83 bits per heavy atom. The summed E-state index contributed by atoms with van der Waals surface area (Å²) in [5.74, 6) is 0. The maximum atomic E-state index is 9.60. The van der Waals surface area contributed by atoms with Crippen LogP contribution >= 0.6 is 23.2 Å². The zero-order chi connectivity index (χ0) is 5.21. The molecule has 0 atom stereocenters. The van der Waals surface area contributed by atoms with Crippen LogP contribution in [0, 0.1) is 0 Å². The third-order valence-electron chi connectivity index (χ3n) is 0.146. The molecule has 1 nitrogen and oxygen atoms in total. The van der Waals surface area contributed by atoms with Gasteiger partial charge in [0.15, 0.2) is 0 Å². The highest BCUT2D eigenvalue weighted by molar-refractivity contribution is 7.71. The summed E-state index contributed by atoms with van der Waals surface area (Å²) in [5, 5.41) is 0. The highest BCUT2D eigenvalue weighted by atomic mass is 35.5. The van der Waals surface area contributed by atoms with Gasteiger partial charge in [-0.3, -0.25) is 0 Å². The normalized spacial score (nSPS) is 11.2. The first-order chi connectivity index (χ1) is 2.56. The van der Waals surface area contributed by atoms with E-state index in [9.17, 15) is 4.21 Å². The molecule has 0 N–H and O–H groups in total. The van der Waals surface area contributed by atoms with Crippen LogP contribution in [0.1, 0.15) is 6.92 Å². The van der Waals surface area contributed by atoms with E-state index in [4.69, 9.17) is 23.2 Å². The molecule has 4 heteroatoms. The molecule has 0 aromatic rings. The highest BCUT2D eigenvalue weighted by Gasteiger charge is 2.31. The summed E-state index contributed by atoms with van der Waals surface area (Å²) in [6.45, 7) is 1.42. The first-order valence-electron chi connectivity index (χ1n) is 1.25. The molecule has 0 spiro atoms. The second-order valence-corrected chi connectivity index (χ2v) is 4.03. The summed E-state index contributed by atoms with van der Waals surface area (Å²) < 4.78 is 8.45. The number of alkyl halides is 2. The van der Waals surface area contributed by atoms with E-state index in [1.54, 1.807) is 0 Å². The molecule has 0 unspecified atom stereocenters. The number of rotatable bonds is 1. The Kier molecular flexibility index (Phi) is 2.26. The SMILES string of the molecule is CC(Cl)(Cl)[S+]=O. The summed E-state index contributed by atoms with van der Waals surface area (Å²) in [5.41, 5.74) is 0. The van der Waals surface area contributed by atoms with E-state index in [1.807, 2.05) is 0 Å². The summed E-state index contributed by atoms with van der Waals surface area (Å²) in [6.07, 6.45) is 0. The van der Waals surface area contributed by atoms with Crippen LogP contribution in [-0.4, -0.2) is 3.67 Å². The van der Waals surface area contributed by atoms with Crippen molar-refractivity contribution in [3.8, 4) is 0 Å². The van der Waals surface area contributed by atoms with Crippen molar-refractivity contribution in [1.29, 1.82) is 0 Å². The fourth-order valence-corrected chi connectivity index (χ4v) is 0. The first kappa shape index (κ1) is 6.60. The molecule has 0 aromatic carbocycles. The van der Waals surface area contributed by atoms with Crippen LogP contribution in [0.2, 0.25) is 0 Å². The van der Waals surface area contributed by atoms with E-state index in [1.165, 1.54) is 6.92 Å². The molecule has 0 rings (SSSR count). The van der Waals surface area contributed by atoms with Gasteiger partial charge in [-0.15, -0.1) is 0 Å². The molecule has 0 aliphatic carbocycles. The predicted octanol–water partition coefficient (Wildman–Crippen LogP) is 1.57. The van der Waals surface area contributed by atoms with Crippen molar-refractivity contribution in [3.63, 3.8) is 0 Å². The smallest absolute Gasteiger partial charge is 0.0290 e. The van der Waals surface area contributed by atoms with E-state index >= 15 is 0 Å². The Labute approximate surface area is 50.1 Å². The Bertz CT molecular complexity index is 57.1. The molecule has 0 aliphatic heterocycles. The van der Waals surface area contributed by atoms with E-state index < -0.39 is 3.67 Å². The molecule has 6 heavy (non-hydrogen) atoms. The van der Waals surface area contributed by atoms with Crippen LogP contribution in [0.15, 0.2) is 0 Å². The fourth-order valence-electron chi connectivity index (χ4n) is 0. The van der Waals surface area contributed by atoms with Gasteiger partial charge in [-0.1, -0.05) is 0 Å². The lowest BCUT2D eigenvalue weighted by Gasteiger charge is -1.79. The van der Waals surface area contributed by atoms with Crippen LogP contribution in [0.25, 0.3) is 0 Å². The Morgan fingerprint density at radius 2 is 1.83 bits per heavy atom. The van der Waals surface area contributed by atoms with Gasteiger partial charge in [0.25, 0.3) is 0 Å². The minimum absolute atomic E-state index is 0.163. The van der Waals surface area contributed by atoms with Crippen LogP contribution in [-0.2, 0) is 15.9 Å². The van der Waals surface area contributed by atoms with Crippen LogP contribution in [0.3, 0.4) is 0 Å². The second-order valence-electron chi connectivity index (χ2n) is 0.891. The first-order valence-corrected chi connectivity index (χ1v) is 2.75. The lowest BCUT2D eigenvalue weighted by atomic mass is 10.9. The lowest BCUT2D eigenvalue weighted by Crippen LogP contribution is -1.99. The van der Waals surface area contributed by atoms with Crippen molar-refractivity contribution in [2.45, 2.75) is 10.6 Å². The van der Waals surface area contributed by atoms with Crippen molar-refractivity contribution in [3.05, 3.63) is 0 Å². The molecule has 0 aromatic heterocycles. The standard InChI is InChI=1S/C2H3Cl2OS/c1-2(3,4)6-5/h1H3/q+1. The second kappa shape index (κ2) is 2.05. The minimum Gasteiger partial charge on any atom is -0.0290 e. The van der Waals surface area contributed by atoms with E-state index in [0.717, 1.165) is 0 Å². The predicted molar refractivity (Wildman–Crippen MR) is 28.2 cm³/mol. The van der Waals surface area contributed by atoms with Gasteiger partial charge in [0.1, 0.15) is 0 Å². The van der Waals surface area contributed by atoms with Gasteiger partial charge in [-0.2, -0.15) is 0 Å². The molecule has 0 saturated carbocycles. The maximum absolute atomic E-state index is 9.60. The van der Waals surface area contributed by atoms with Crippen molar-refractivity contribution in [1.82, 2.24) is 0 Å². The van der Waals surface area contributed by atoms with Gasteiger partial charge in [-0.25, -0.2) is 0 Å². The third-order valence-corrected chi connectivity index (χ3v) is 0.817. The molecular formula is C2H3Cl2OS+. The van der Waals surface area contributed by atoms with Crippen LogP contribution < -0.4 is 0 Å². The minimum atomic E-state index is -1.15. The molecule has 36 valence electrons. The zero-order valence-electron chi connectivity index (χ0n) is 3.07. The zero-order valence-corrected chi connectivity index (χ0v) is 5.40. The Morgan fingerprint density at radius 1 is 1.67 bits per heavy atom. The lowest BCUT2D eigenvalue weighted by molar-refractivity contribution is 0.602. The average Bonchev–Trinajstić information content (AvgIpc) is 1.35.